The van der Waals surface area contributed by atoms with Crippen molar-refractivity contribution in [3.05, 3.63) is 41.8 Å². The molecular formula is C13H16N2O4S. The Morgan fingerprint density at radius 1 is 1.40 bits per heavy atom. The molecule has 0 fully saturated rings. The second-order valence-corrected chi connectivity index (χ2v) is 5.87. The van der Waals surface area contributed by atoms with Gasteiger partial charge in [-0.1, -0.05) is 17.3 Å². The molecule has 1 heterocycles. The lowest BCUT2D eigenvalue weighted by atomic mass is 10.2. The van der Waals surface area contributed by atoms with Crippen molar-refractivity contribution in [3.8, 4) is 0 Å². The quantitative estimate of drug-likeness (QED) is 0.884. The van der Waals surface area contributed by atoms with Crippen LogP contribution in [0, 0.1) is 6.92 Å². The molecule has 0 atom stereocenters. The fourth-order valence-electron chi connectivity index (χ4n) is 1.62. The molecule has 0 unspecified atom stereocenters. The smallest absolute Gasteiger partial charge is 0.262 e. The zero-order chi connectivity index (χ0) is 14.6. The zero-order valence-corrected chi connectivity index (χ0v) is 12.1. The third kappa shape index (κ3) is 3.37. The average molecular weight is 296 g/mol. The number of aromatic nitrogens is 1. The minimum absolute atomic E-state index is 0.176. The third-order valence-corrected chi connectivity index (χ3v) is 4.04. The molecule has 7 heteroatoms. The van der Waals surface area contributed by atoms with Crippen LogP contribution < -0.4 is 4.72 Å². The predicted molar refractivity (Wildman–Crippen MR) is 73.8 cm³/mol. The van der Waals surface area contributed by atoms with Gasteiger partial charge in [-0.05, 0) is 31.5 Å². The Kier molecular flexibility index (Phi) is 4.41. The Bertz CT molecular complexity index is 679. The van der Waals surface area contributed by atoms with Crippen molar-refractivity contribution >= 4 is 15.7 Å². The van der Waals surface area contributed by atoms with Gasteiger partial charge in [0, 0.05) is 6.61 Å². The van der Waals surface area contributed by atoms with E-state index >= 15 is 0 Å². The SMILES string of the molecule is CCOCc1cccc(S(=O)(=O)Nc2cnoc2C)c1. The summed E-state index contributed by atoms with van der Waals surface area (Å²) in [5.41, 5.74) is 1.14. The molecule has 0 aliphatic heterocycles. The Balaban J connectivity index is 2.23. The normalized spacial score (nSPS) is 11.5. The van der Waals surface area contributed by atoms with Gasteiger partial charge in [0.2, 0.25) is 0 Å². The monoisotopic (exact) mass is 296 g/mol. The lowest BCUT2D eigenvalue weighted by molar-refractivity contribution is 0.134. The molecule has 1 N–H and O–H groups in total. The molecule has 0 aliphatic rings. The lowest BCUT2D eigenvalue weighted by Gasteiger charge is -2.08. The van der Waals surface area contributed by atoms with Crippen LogP contribution in [0.1, 0.15) is 18.2 Å². The first-order valence-corrected chi connectivity index (χ1v) is 7.62. The highest BCUT2D eigenvalue weighted by Gasteiger charge is 2.17. The van der Waals surface area contributed by atoms with Gasteiger partial charge in [0.1, 0.15) is 5.69 Å². The molecule has 2 aromatic rings. The van der Waals surface area contributed by atoms with E-state index in [1.54, 1.807) is 19.1 Å². The maximum absolute atomic E-state index is 12.3. The van der Waals surface area contributed by atoms with Crippen LogP contribution >= 0.6 is 0 Å². The highest BCUT2D eigenvalue weighted by molar-refractivity contribution is 7.92. The second kappa shape index (κ2) is 6.06. The number of nitrogens with zero attached hydrogens (tertiary/aromatic N) is 1. The molecule has 0 spiro atoms. The Morgan fingerprint density at radius 2 is 2.20 bits per heavy atom. The highest BCUT2D eigenvalue weighted by atomic mass is 32.2. The first kappa shape index (κ1) is 14.5. The minimum Gasteiger partial charge on any atom is -0.377 e. The number of sulfonamides is 1. The first-order valence-electron chi connectivity index (χ1n) is 6.13. The van der Waals surface area contributed by atoms with Crippen LogP contribution in [-0.4, -0.2) is 20.2 Å². The summed E-state index contributed by atoms with van der Waals surface area (Å²) in [4.78, 5) is 0.176. The van der Waals surface area contributed by atoms with E-state index in [0.717, 1.165) is 5.56 Å². The molecule has 1 aromatic heterocycles. The van der Waals surface area contributed by atoms with Gasteiger partial charge in [0.25, 0.3) is 10.0 Å². The molecule has 0 bridgehead atoms. The van der Waals surface area contributed by atoms with E-state index in [1.807, 2.05) is 13.0 Å². The fourth-order valence-corrected chi connectivity index (χ4v) is 2.79. The molecule has 20 heavy (non-hydrogen) atoms. The summed E-state index contributed by atoms with van der Waals surface area (Å²) in [6, 6.07) is 6.62. The number of anilines is 1. The van der Waals surface area contributed by atoms with Crippen molar-refractivity contribution in [1.29, 1.82) is 0 Å². The molecule has 2 rings (SSSR count). The molecule has 0 amide bonds. The fraction of sp³-hybridized carbons (Fsp3) is 0.308. The standard InChI is InChI=1S/C13H16N2O4S/c1-3-18-9-11-5-4-6-12(7-11)20(16,17)15-13-8-14-19-10(13)2/h4-8,15H,3,9H2,1-2H3. The van der Waals surface area contributed by atoms with Gasteiger partial charge in [-0.3, -0.25) is 4.72 Å². The maximum atomic E-state index is 12.3. The molecule has 0 aliphatic carbocycles. The molecule has 0 radical (unpaired) electrons. The summed E-state index contributed by atoms with van der Waals surface area (Å²) in [5.74, 6) is 0.416. The molecule has 0 saturated carbocycles. The van der Waals surface area contributed by atoms with Gasteiger partial charge >= 0.3 is 0 Å². The van der Waals surface area contributed by atoms with Crippen LogP contribution in [-0.2, 0) is 21.4 Å². The molecule has 0 saturated heterocycles. The van der Waals surface area contributed by atoms with Crippen LogP contribution in [0.3, 0.4) is 0 Å². The van der Waals surface area contributed by atoms with Gasteiger partial charge in [-0.2, -0.15) is 0 Å². The number of nitrogens with one attached hydrogen (secondary N) is 1. The van der Waals surface area contributed by atoms with E-state index in [4.69, 9.17) is 9.26 Å². The van der Waals surface area contributed by atoms with E-state index in [-0.39, 0.29) is 4.90 Å². The van der Waals surface area contributed by atoms with Gasteiger partial charge < -0.3 is 9.26 Å². The Morgan fingerprint density at radius 3 is 2.85 bits per heavy atom. The number of aryl methyl sites for hydroxylation is 1. The Labute approximate surface area is 117 Å². The summed E-state index contributed by atoms with van der Waals surface area (Å²) < 4.78 is 37.1. The summed E-state index contributed by atoms with van der Waals surface area (Å²) in [7, 11) is -3.66. The summed E-state index contributed by atoms with van der Waals surface area (Å²) in [6.07, 6.45) is 1.33. The summed E-state index contributed by atoms with van der Waals surface area (Å²) >= 11 is 0. The lowest BCUT2D eigenvalue weighted by Crippen LogP contribution is -2.13. The van der Waals surface area contributed by atoms with Crippen molar-refractivity contribution in [1.82, 2.24) is 5.16 Å². The van der Waals surface area contributed by atoms with Crippen LogP contribution in [0.4, 0.5) is 5.69 Å². The zero-order valence-electron chi connectivity index (χ0n) is 11.3. The minimum atomic E-state index is -3.66. The van der Waals surface area contributed by atoms with E-state index in [9.17, 15) is 8.42 Å². The summed E-state index contributed by atoms with van der Waals surface area (Å²) in [5, 5.41) is 3.54. The first-order chi connectivity index (χ1) is 9.53. The predicted octanol–water partition coefficient (Wildman–Crippen LogP) is 2.32. The Hall–Kier alpha value is -1.86. The van der Waals surface area contributed by atoms with Crippen molar-refractivity contribution in [2.24, 2.45) is 0 Å². The molecule has 6 nitrogen and oxygen atoms in total. The van der Waals surface area contributed by atoms with Gasteiger partial charge in [0.05, 0.1) is 17.7 Å². The second-order valence-electron chi connectivity index (χ2n) is 4.19. The van der Waals surface area contributed by atoms with Crippen LogP contribution in [0.5, 0.6) is 0 Å². The van der Waals surface area contributed by atoms with Gasteiger partial charge in [-0.25, -0.2) is 8.42 Å². The number of benzene rings is 1. The van der Waals surface area contributed by atoms with E-state index < -0.39 is 10.0 Å². The van der Waals surface area contributed by atoms with Crippen molar-refractivity contribution < 1.29 is 17.7 Å². The van der Waals surface area contributed by atoms with E-state index in [0.29, 0.717) is 24.7 Å². The number of hydrogen-bond acceptors (Lipinski definition) is 5. The molecular weight excluding hydrogens is 280 g/mol. The number of hydrogen-bond donors (Lipinski definition) is 1. The highest BCUT2D eigenvalue weighted by Crippen LogP contribution is 2.19. The van der Waals surface area contributed by atoms with Crippen molar-refractivity contribution in [2.75, 3.05) is 11.3 Å². The third-order valence-electron chi connectivity index (χ3n) is 2.68. The van der Waals surface area contributed by atoms with Gasteiger partial charge in [-0.15, -0.1) is 0 Å². The average Bonchev–Trinajstić information content (AvgIpc) is 2.82. The summed E-state index contributed by atoms with van der Waals surface area (Å²) in [6.45, 7) is 4.48. The largest absolute Gasteiger partial charge is 0.377 e. The van der Waals surface area contributed by atoms with Crippen LogP contribution in [0.15, 0.2) is 39.9 Å². The van der Waals surface area contributed by atoms with Gasteiger partial charge in [0.15, 0.2) is 5.76 Å². The molecule has 108 valence electrons. The maximum Gasteiger partial charge on any atom is 0.262 e. The van der Waals surface area contributed by atoms with Crippen molar-refractivity contribution in [2.45, 2.75) is 25.3 Å². The van der Waals surface area contributed by atoms with E-state index in [1.165, 1.54) is 12.3 Å². The van der Waals surface area contributed by atoms with Crippen LogP contribution in [0.25, 0.3) is 0 Å². The van der Waals surface area contributed by atoms with Crippen molar-refractivity contribution in [3.63, 3.8) is 0 Å². The van der Waals surface area contributed by atoms with Crippen LogP contribution in [0.2, 0.25) is 0 Å². The molecule has 1 aromatic carbocycles. The number of rotatable bonds is 6. The topological polar surface area (TPSA) is 81.4 Å². The number of ether oxygens (including phenoxy) is 1. The van der Waals surface area contributed by atoms with E-state index in [2.05, 4.69) is 9.88 Å².